The van der Waals surface area contributed by atoms with Gasteiger partial charge in [-0.05, 0) is 57.0 Å². The first-order valence-corrected chi connectivity index (χ1v) is 7.98. The highest BCUT2D eigenvalue weighted by molar-refractivity contribution is 6.30. The molecule has 1 aliphatic rings. The predicted octanol–water partition coefficient (Wildman–Crippen LogP) is 3.89. The van der Waals surface area contributed by atoms with Gasteiger partial charge < -0.3 is 10.6 Å². The molecule has 6 heteroatoms. The van der Waals surface area contributed by atoms with Crippen molar-refractivity contribution >= 4 is 11.6 Å². The molecule has 0 spiro atoms. The topological polar surface area (TPSA) is 24.1 Å². The van der Waals surface area contributed by atoms with Crippen molar-refractivity contribution in [2.45, 2.75) is 43.8 Å². The average molecular weight is 335 g/mol. The third-order valence-corrected chi connectivity index (χ3v) is 4.73. The molecule has 2 N–H and O–H groups in total. The maximum Gasteiger partial charge on any atom is 0.403 e. The Hall–Kier alpha value is -0.780. The molecule has 124 valence electrons. The van der Waals surface area contributed by atoms with Gasteiger partial charge in [0.15, 0.2) is 0 Å². The third-order valence-electron chi connectivity index (χ3n) is 4.47. The zero-order chi connectivity index (χ0) is 16.2. The quantitative estimate of drug-likeness (QED) is 0.853. The van der Waals surface area contributed by atoms with Crippen LogP contribution in [0.3, 0.4) is 0 Å². The van der Waals surface area contributed by atoms with Crippen LogP contribution in [0.25, 0.3) is 0 Å². The molecule has 22 heavy (non-hydrogen) atoms. The Labute approximate surface area is 134 Å². The number of halogens is 4. The van der Waals surface area contributed by atoms with Crippen LogP contribution in [-0.2, 0) is 5.41 Å². The van der Waals surface area contributed by atoms with Crippen molar-refractivity contribution in [1.29, 1.82) is 0 Å². The van der Waals surface area contributed by atoms with Gasteiger partial charge in [-0.25, -0.2) is 0 Å². The molecule has 2 nitrogen and oxygen atoms in total. The van der Waals surface area contributed by atoms with Crippen LogP contribution in [0, 0.1) is 0 Å². The molecule has 0 aromatic heterocycles. The first-order chi connectivity index (χ1) is 10.3. The lowest BCUT2D eigenvalue weighted by molar-refractivity contribution is -0.151. The van der Waals surface area contributed by atoms with Crippen LogP contribution < -0.4 is 10.6 Å². The lowest BCUT2D eigenvalue weighted by Gasteiger charge is -2.39. The largest absolute Gasteiger partial charge is 0.403 e. The van der Waals surface area contributed by atoms with Crippen LogP contribution in [0.1, 0.15) is 31.7 Å². The fraction of sp³-hybridized carbons (Fsp3) is 0.625. The Morgan fingerprint density at radius 1 is 1.32 bits per heavy atom. The van der Waals surface area contributed by atoms with Gasteiger partial charge >= 0.3 is 6.18 Å². The molecule has 2 rings (SSSR count). The average Bonchev–Trinajstić information content (AvgIpc) is 2.48. The highest BCUT2D eigenvalue weighted by Crippen LogP contribution is 2.35. The van der Waals surface area contributed by atoms with Crippen LogP contribution >= 0.6 is 11.6 Å². The molecule has 0 saturated carbocycles. The summed E-state index contributed by atoms with van der Waals surface area (Å²) in [4.78, 5) is 0. The van der Waals surface area contributed by atoms with Gasteiger partial charge in [-0.15, -0.1) is 0 Å². The first kappa shape index (κ1) is 17.6. The number of alkyl halides is 3. The molecule has 0 unspecified atom stereocenters. The number of piperidine rings is 1. The summed E-state index contributed by atoms with van der Waals surface area (Å²) >= 11 is 5.94. The van der Waals surface area contributed by atoms with Crippen molar-refractivity contribution in [2.24, 2.45) is 0 Å². The highest BCUT2D eigenvalue weighted by Gasteiger charge is 2.37. The van der Waals surface area contributed by atoms with E-state index in [0.717, 1.165) is 38.4 Å². The summed E-state index contributed by atoms with van der Waals surface area (Å²) in [7, 11) is 0. The zero-order valence-corrected chi connectivity index (χ0v) is 13.4. The number of hydrogen-bond donors (Lipinski definition) is 2. The van der Waals surface area contributed by atoms with Gasteiger partial charge in [0.25, 0.3) is 0 Å². The molecule has 0 bridgehead atoms. The van der Waals surface area contributed by atoms with Gasteiger partial charge in [0, 0.05) is 17.0 Å². The lowest BCUT2D eigenvalue weighted by atomic mass is 9.72. The van der Waals surface area contributed by atoms with Crippen LogP contribution in [0.5, 0.6) is 0 Å². The summed E-state index contributed by atoms with van der Waals surface area (Å²) < 4.78 is 37.8. The SMILES string of the molecule is C[C@@H](NCC[C@]1(c2ccc(Cl)cc2)CCCNC1)C(F)(F)F. The summed E-state index contributed by atoms with van der Waals surface area (Å²) in [5, 5.41) is 6.64. The van der Waals surface area contributed by atoms with Gasteiger partial charge in [0.2, 0.25) is 0 Å². The van der Waals surface area contributed by atoms with E-state index in [9.17, 15) is 13.2 Å². The number of hydrogen-bond acceptors (Lipinski definition) is 2. The molecule has 1 fully saturated rings. The molecule has 1 saturated heterocycles. The summed E-state index contributed by atoms with van der Waals surface area (Å²) in [6.07, 6.45) is -1.53. The van der Waals surface area contributed by atoms with Crippen molar-refractivity contribution in [3.05, 3.63) is 34.9 Å². The molecule has 1 heterocycles. The number of nitrogens with one attached hydrogen (secondary N) is 2. The minimum Gasteiger partial charge on any atom is -0.316 e. The van der Waals surface area contributed by atoms with Crippen LogP contribution in [0.15, 0.2) is 24.3 Å². The van der Waals surface area contributed by atoms with E-state index in [0.29, 0.717) is 18.0 Å². The number of rotatable bonds is 5. The summed E-state index contributed by atoms with van der Waals surface area (Å²) in [6.45, 7) is 3.25. The zero-order valence-electron chi connectivity index (χ0n) is 12.6. The van der Waals surface area contributed by atoms with Crippen LogP contribution in [-0.4, -0.2) is 31.9 Å². The number of benzene rings is 1. The molecule has 0 amide bonds. The van der Waals surface area contributed by atoms with Crippen LogP contribution in [0.2, 0.25) is 5.02 Å². The molecule has 0 aliphatic carbocycles. The first-order valence-electron chi connectivity index (χ1n) is 7.60. The van der Waals surface area contributed by atoms with E-state index >= 15 is 0 Å². The van der Waals surface area contributed by atoms with Gasteiger partial charge in [0.1, 0.15) is 6.04 Å². The Balaban J connectivity index is 2.05. The Morgan fingerprint density at radius 3 is 2.55 bits per heavy atom. The van der Waals surface area contributed by atoms with Crippen molar-refractivity contribution in [3.8, 4) is 0 Å². The predicted molar refractivity (Wildman–Crippen MR) is 83.4 cm³/mol. The summed E-state index contributed by atoms with van der Waals surface area (Å²) in [5.74, 6) is 0. The normalized spacial score (nSPS) is 24.2. The standard InChI is InChI=1S/C16H22ClF3N2/c1-12(16(18,19)20)22-10-8-15(7-2-9-21-11-15)13-3-5-14(17)6-4-13/h3-6,12,21-22H,2,7-11H2,1H3/t12-,15-/m1/s1. The molecule has 1 aromatic carbocycles. The lowest BCUT2D eigenvalue weighted by Crippen LogP contribution is -2.47. The second-order valence-corrected chi connectivity index (χ2v) is 6.47. The van der Waals surface area contributed by atoms with E-state index in [1.54, 1.807) is 0 Å². The fourth-order valence-electron chi connectivity index (χ4n) is 3.02. The van der Waals surface area contributed by atoms with E-state index < -0.39 is 12.2 Å². The van der Waals surface area contributed by atoms with Gasteiger partial charge in [0.05, 0.1) is 0 Å². The van der Waals surface area contributed by atoms with Crippen molar-refractivity contribution in [2.75, 3.05) is 19.6 Å². The summed E-state index contributed by atoms with van der Waals surface area (Å²) in [6, 6.07) is 6.19. The molecular weight excluding hydrogens is 313 g/mol. The minimum absolute atomic E-state index is 0.124. The van der Waals surface area contributed by atoms with Crippen molar-refractivity contribution in [1.82, 2.24) is 10.6 Å². The van der Waals surface area contributed by atoms with E-state index in [1.165, 1.54) is 0 Å². The van der Waals surface area contributed by atoms with E-state index in [-0.39, 0.29) is 5.41 Å². The Morgan fingerprint density at radius 2 is 2.00 bits per heavy atom. The van der Waals surface area contributed by atoms with Gasteiger partial charge in [-0.3, -0.25) is 0 Å². The monoisotopic (exact) mass is 334 g/mol. The molecule has 2 atom stereocenters. The maximum atomic E-state index is 12.6. The Bertz CT molecular complexity index is 467. The second-order valence-electron chi connectivity index (χ2n) is 6.03. The van der Waals surface area contributed by atoms with Crippen molar-refractivity contribution < 1.29 is 13.2 Å². The summed E-state index contributed by atoms with van der Waals surface area (Å²) in [5.41, 5.74) is 1.02. The van der Waals surface area contributed by atoms with Crippen molar-refractivity contribution in [3.63, 3.8) is 0 Å². The molecule has 0 radical (unpaired) electrons. The molecule has 1 aromatic rings. The van der Waals surface area contributed by atoms with Crippen LogP contribution in [0.4, 0.5) is 13.2 Å². The van der Waals surface area contributed by atoms with E-state index in [1.807, 2.05) is 24.3 Å². The van der Waals surface area contributed by atoms with Gasteiger partial charge in [-0.2, -0.15) is 13.2 Å². The minimum atomic E-state index is -4.20. The second kappa shape index (κ2) is 7.20. The fourth-order valence-corrected chi connectivity index (χ4v) is 3.15. The molecule has 1 aliphatic heterocycles. The highest BCUT2D eigenvalue weighted by atomic mass is 35.5. The smallest absolute Gasteiger partial charge is 0.316 e. The van der Waals surface area contributed by atoms with E-state index in [4.69, 9.17) is 11.6 Å². The molecular formula is C16H22ClF3N2. The Kier molecular flexibility index (Phi) is 5.75. The van der Waals surface area contributed by atoms with E-state index in [2.05, 4.69) is 10.6 Å². The maximum absolute atomic E-state index is 12.6. The van der Waals surface area contributed by atoms with Gasteiger partial charge in [-0.1, -0.05) is 23.7 Å². The third kappa shape index (κ3) is 4.37.